The number of hydrogen-bond acceptors (Lipinski definition) is 3. The number of nitrogens with zero attached hydrogens (tertiary/aromatic N) is 1. The van der Waals surface area contributed by atoms with Crippen molar-refractivity contribution in [3.63, 3.8) is 0 Å². The van der Waals surface area contributed by atoms with Crippen LogP contribution in [0, 0.1) is 0 Å². The van der Waals surface area contributed by atoms with Gasteiger partial charge in [-0.3, -0.25) is 14.4 Å². The minimum Gasteiger partial charge on any atom is -0.481 e. The first kappa shape index (κ1) is 13.1. The Kier molecular flexibility index (Phi) is 3.79. The Balaban J connectivity index is 2.19. The molecule has 0 aromatic heterocycles. The lowest BCUT2D eigenvalue weighted by Gasteiger charge is -2.34. The summed E-state index contributed by atoms with van der Waals surface area (Å²) in [6, 6.07) is 8.23. The first-order valence-corrected chi connectivity index (χ1v) is 5.91. The van der Waals surface area contributed by atoms with Crippen LogP contribution in [0.4, 0.5) is 0 Å². The number of aliphatic carboxylic acids is 1. The maximum absolute atomic E-state index is 11.9. The summed E-state index contributed by atoms with van der Waals surface area (Å²) in [5.41, 5.74) is 0.862. The third-order valence-corrected chi connectivity index (χ3v) is 2.98. The summed E-state index contributed by atoms with van der Waals surface area (Å²) in [7, 11) is 0. The zero-order valence-corrected chi connectivity index (χ0v) is 10.2. The molecule has 1 aromatic carbocycles. The number of carboxylic acid groups (broad SMARTS) is 1. The average Bonchev–Trinajstić information content (AvgIpc) is 2.39. The van der Waals surface area contributed by atoms with Gasteiger partial charge in [0.2, 0.25) is 11.8 Å². The van der Waals surface area contributed by atoms with Gasteiger partial charge in [-0.05, 0) is 5.56 Å². The van der Waals surface area contributed by atoms with Crippen LogP contribution in [-0.2, 0) is 20.9 Å². The first-order chi connectivity index (χ1) is 9.08. The third kappa shape index (κ3) is 3.09. The SMILES string of the molecule is O=C(O)CC1C(=O)NCC(=O)N1Cc1ccccc1. The zero-order valence-electron chi connectivity index (χ0n) is 10.2. The van der Waals surface area contributed by atoms with Crippen LogP contribution in [0.1, 0.15) is 12.0 Å². The Morgan fingerprint density at radius 1 is 1.32 bits per heavy atom. The van der Waals surface area contributed by atoms with E-state index >= 15 is 0 Å². The number of piperazine rings is 1. The normalized spacial score (nSPS) is 19.2. The van der Waals surface area contributed by atoms with E-state index in [4.69, 9.17) is 5.11 Å². The maximum atomic E-state index is 11.9. The number of benzene rings is 1. The number of carboxylic acids is 1. The molecule has 1 unspecified atom stereocenters. The molecule has 1 fully saturated rings. The van der Waals surface area contributed by atoms with E-state index in [2.05, 4.69) is 5.32 Å². The number of nitrogens with one attached hydrogen (secondary N) is 1. The molecule has 6 nitrogen and oxygen atoms in total. The van der Waals surface area contributed by atoms with Crippen molar-refractivity contribution < 1.29 is 19.5 Å². The Morgan fingerprint density at radius 3 is 2.63 bits per heavy atom. The first-order valence-electron chi connectivity index (χ1n) is 5.91. The summed E-state index contributed by atoms with van der Waals surface area (Å²) < 4.78 is 0. The van der Waals surface area contributed by atoms with Gasteiger partial charge in [0, 0.05) is 6.54 Å². The fourth-order valence-electron chi connectivity index (χ4n) is 2.04. The summed E-state index contributed by atoms with van der Waals surface area (Å²) in [5, 5.41) is 11.2. The van der Waals surface area contributed by atoms with Crippen molar-refractivity contribution in [2.75, 3.05) is 6.54 Å². The van der Waals surface area contributed by atoms with Crippen LogP contribution in [0.15, 0.2) is 30.3 Å². The molecule has 0 bridgehead atoms. The molecule has 2 N–H and O–H groups in total. The number of hydrogen-bond donors (Lipinski definition) is 2. The van der Waals surface area contributed by atoms with Gasteiger partial charge in [-0.25, -0.2) is 0 Å². The largest absolute Gasteiger partial charge is 0.481 e. The van der Waals surface area contributed by atoms with Gasteiger partial charge in [-0.1, -0.05) is 30.3 Å². The highest BCUT2D eigenvalue weighted by Crippen LogP contribution is 2.14. The van der Waals surface area contributed by atoms with Gasteiger partial charge in [0.25, 0.3) is 0 Å². The lowest BCUT2D eigenvalue weighted by Crippen LogP contribution is -2.58. The van der Waals surface area contributed by atoms with E-state index in [0.717, 1.165) is 5.56 Å². The van der Waals surface area contributed by atoms with Gasteiger partial charge < -0.3 is 15.3 Å². The van der Waals surface area contributed by atoms with Crippen molar-refractivity contribution >= 4 is 17.8 Å². The maximum Gasteiger partial charge on any atom is 0.305 e. The van der Waals surface area contributed by atoms with Crippen molar-refractivity contribution in [1.82, 2.24) is 10.2 Å². The third-order valence-electron chi connectivity index (χ3n) is 2.98. The summed E-state index contributed by atoms with van der Waals surface area (Å²) in [6.45, 7) is 0.160. The molecule has 0 aliphatic carbocycles. The van der Waals surface area contributed by atoms with Gasteiger partial charge in [0.1, 0.15) is 6.04 Å². The number of carbonyl (C=O) groups excluding carboxylic acids is 2. The molecule has 1 aliphatic rings. The molecule has 6 heteroatoms. The van der Waals surface area contributed by atoms with Crippen LogP contribution in [0.5, 0.6) is 0 Å². The second kappa shape index (κ2) is 5.51. The Hall–Kier alpha value is -2.37. The Morgan fingerprint density at radius 2 is 2.00 bits per heavy atom. The average molecular weight is 262 g/mol. The Labute approximate surface area is 110 Å². The summed E-state index contributed by atoms with van der Waals surface area (Å²) in [5.74, 6) is -1.79. The van der Waals surface area contributed by atoms with Crippen LogP contribution in [-0.4, -0.2) is 40.4 Å². The highest BCUT2D eigenvalue weighted by molar-refractivity contribution is 5.96. The molecule has 100 valence electrons. The van der Waals surface area contributed by atoms with Gasteiger partial charge in [-0.2, -0.15) is 0 Å². The quantitative estimate of drug-likeness (QED) is 0.799. The van der Waals surface area contributed by atoms with Gasteiger partial charge in [-0.15, -0.1) is 0 Å². The summed E-state index contributed by atoms with van der Waals surface area (Å²) in [4.78, 5) is 35.7. The fourth-order valence-corrected chi connectivity index (χ4v) is 2.04. The molecule has 1 aromatic rings. The van der Waals surface area contributed by atoms with E-state index in [-0.39, 0.29) is 25.4 Å². The highest BCUT2D eigenvalue weighted by Gasteiger charge is 2.35. The lowest BCUT2D eigenvalue weighted by molar-refractivity contribution is -0.150. The van der Waals surface area contributed by atoms with E-state index in [1.54, 1.807) is 0 Å². The van der Waals surface area contributed by atoms with Crippen molar-refractivity contribution in [2.24, 2.45) is 0 Å². The predicted molar refractivity (Wildman–Crippen MR) is 66.0 cm³/mol. The number of carbonyl (C=O) groups is 3. The minimum atomic E-state index is -1.10. The Bertz CT molecular complexity index is 501. The molecule has 0 saturated carbocycles. The van der Waals surface area contributed by atoms with Gasteiger partial charge in [0.15, 0.2) is 0 Å². The molecule has 1 heterocycles. The summed E-state index contributed by atoms with van der Waals surface area (Å²) in [6.07, 6.45) is -0.385. The fraction of sp³-hybridized carbons (Fsp3) is 0.308. The van der Waals surface area contributed by atoms with E-state index in [1.165, 1.54) is 4.90 Å². The van der Waals surface area contributed by atoms with Crippen LogP contribution in [0.3, 0.4) is 0 Å². The molecule has 1 aliphatic heterocycles. The van der Waals surface area contributed by atoms with Crippen molar-refractivity contribution in [3.8, 4) is 0 Å². The molecule has 2 amide bonds. The van der Waals surface area contributed by atoms with E-state index in [9.17, 15) is 14.4 Å². The standard InChI is InChI=1S/C13H14N2O4/c16-11-7-14-13(19)10(6-12(17)18)15(11)8-9-4-2-1-3-5-9/h1-5,10H,6-8H2,(H,14,19)(H,17,18). The van der Waals surface area contributed by atoms with Gasteiger partial charge >= 0.3 is 5.97 Å². The van der Waals surface area contributed by atoms with Crippen LogP contribution in [0.2, 0.25) is 0 Å². The van der Waals surface area contributed by atoms with E-state index in [0.29, 0.717) is 0 Å². The second-order valence-corrected chi connectivity index (χ2v) is 4.34. The van der Waals surface area contributed by atoms with E-state index in [1.807, 2.05) is 30.3 Å². The zero-order chi connectivity index (χ0) is 13.8. The lowest BCUT2D eigenvalue weighted by atomic mass is 10.1. The summed E-state index contributed by atoms with van der Waals surface area (Å²) >= 11 is 0. The van der Waals surface area contributed by atoms with E-state index < -0.39 is 17.9 Å². The second-order valence-electron chi connectivity index (χ2n) is 4.34. The predicted octanol–water partition coefficient (Wildman–Crippen LogP) is -0.0117. The topological polar surface area (TPSA) is 86.7 Å². The molecule has 1 saturated heterocycles. The minimum absolute atomic E-state index is 0.0816. The molecule has 0 radical (unpaired) electrons. The number of amides is 2. The molecule has 2 rings (SSSR count). The van der Waals surface area contributed by atoms with Crippen molar-refractivity contribution in [3.05, 3.63) is 35.9 Å². The highest BCUT2D eigenvalue weighted by atomic mass is 16.4. The van der Waals surface area contributed by atoms with Gasteiger partial charge in [0.05, 0.1) is 13.0 Å². The van der Waals surface area contributed by atoms with Crippen LogP contribution in [0.25, 0.3) is 0 Å². The molecule has 0 spiro atoms. The smallest absolute Gasteiger partial charge is 0.305 e. The molecular formula is C13H14N2O4. The van der Waals surface area contributed by atoms with Crippen LogP contribution < -0.4 is 5.32 Å². The number of rotatable bonds is 4. The monoisotopic (exact) mass is 262 g/mol. The molecule has 1 atom stereocenters. The van der Waals surface area contributed by atoms with Crippen molar-refractivity contribution in [1.29, 1.82) is 0 Å². The van der Waals surface area contributed by atoms with Crippen molar-refractivity contribution in [2.45, 2.75) is 19.0 Å². The molecule has 19 heavy (non-hydrogen) atoms. The molecular weight excluding hydrogens is 248 g/mol. The van der Waals surface area contributed by atoms with Crippen LogP contribution >= 0.6 is 0 Å².